The van der Waals surface area contributed by atoms with Crippen molar-refractivity contribution in [3.05, 3.63) is 35.9 Å². The number of benzene rings is 1. The van der Waals surface area contributed by atoms with E-state index < -0.39 is 24.0 Å². The summed E-state index contributed by atoms with van der Waals surface area (Å²) in [7, 11) is 0. The molecule has 0 spiro atoms. The van der Waals surface area contributed by atoms with Gasteiger partial charge in [-0.05, 0) is 0 Å². The van der Waals surface area contributed by atoms with E-state index >= 15 is 0 Å². The Morgan fingerprint density at radius 2 is 1.44 bits per heavy atom. The van der Waals surface area contributed by atoms with Gasteiger partial charge in [-0.3, -0.25) is 0 Å². The summed E-state index contributed by atoms with van der Waals surface area (Å²) in [4.78, 5) is 15.6. The molecular formula is C27H49NO3Sn. The molecule has 0 saturated carbocycles. The fourth-order valence-electron chi connectivity index (χ4n) is 4.78. The van der Waals surface area contributed by atoms with Gasteiger partial charge in [0.05, 0.1) is 0 Å². The summed E-state index contributed by atoms with van der Waals surface area (Å²) in [6, 6.07) is 9.61. The van der Waals surface area contributed by atoms with Gasteiger partial charge in [0.1, 0.15) is 0 Å². The molecule has 32 heavy (non-hydrogen) atoms. The van der Waals surface area contributed by atoms with E-state index in [1.54, 1.807) is 0 Å². The zero-order chi connectivity index (χ0) is 24.2. The number of rotatable bonds is 14. The third kappa shape index (κ3) is 8.89. The summed E-state index contributed by atoms with van der Waals surface area (Å²) in [6.07, 6.45) is 7.02. The first-order valence-corrected chi connectivity index (χ1v) is 20.5. The van der Waals surface area contributed by atoms with Gasteiger partial charge in [0.2, 0.25) is 0 Å². The van der Waals surface area contributed by atoms with E-state index in [1.165, 1.54) is 51.8 Å². The summed E-state index contributed by atoms with van der Waals surface area (Å²) in [6.45, 7) is 14.8. The topological polar surface area (TPSA) is 49.8 Å². The number of ether oxygens (including phenoxy) is 1. The van der Waals surface area contributed by atoms with Crippen LogP contribution in [0.5, 0.6) is 0 Å². The number of nitrogens with zero attached hydrogens (tertiary/aromatic N) is 1. The Balaban J connectivity index is 3.53. The maximum absolute atomic E-state index is 13.7. The van der Waals surface area contributed by atoms with E-state index in [9.17, 15) is 9.90 Å². The number of hydrogen-bond donors (Lipinski definition) is 1. The van der Waals surface area contributed by atoms with Crippen LogP contribution >= 0.6 is 0 Å². The number of unbranched alkanes of at least 4 members (excludes halogenated alkanes) is 3. The van der Waals surface area contributed by atoms with Gasteiger partial charge in [-0.1, -0.05) is 0 Å². The van der Waals surface area contributed by atoms with Crippen LogP contribution in [0.4, 0.5) is 4.79 Å². The summed E-state index contributed by atoms with van der Waals surface area (Å²) in [5.41, 5.74) is 0.412. The first-order chi connectivity index (χ1) is 15.2. The summed E-state index contributed by atoms with van der Waals surface area (Å²) in [5, 5.41) is 10.5. The molecule has 4 nitrogen and oxygen atoms in total. The molecule has 0 aromatic heterocycles. The van der Waals surface area contributed by atoms with Crippen molar-refractivity contribution in [2.45, 2.75) is 116 Å². The van der Waals surface area contributed by atoms with Crippen LogP contribution < -0.4 is 0 Å². The molecule has 0 aliphatic heterocycles. The Kier molecular flexibility index (Phi) is 13.3. The molecule has 0 aliphatic carbocycles. The minimum absolute atomic E-state index is 0.0924. The average molecular weight is 554 g/mol. The van der Waals surface area contributed by atoms with E-state index in [1.807, 2.05) is 56.0 Å². The fraction of sp³-hybridized carbons (Fsp3) is 0.741. The normalized spacial score (nSPS) is 14.1. The van der Waals surface area contributed by atoms with Crippen molar-refractivity contribution < 1.29 is 14.6 Å². The molecule has 0 heterocycles. The predicted molar refractivity (Wildman–Crippen MR) is 139 cm³/mol. The Hall–Kier alpha value is -0.751. The van der Waals surface area contributed by atoms with Crippen LogP contribution in [0.25, 0.3) is 0 Å². The van der Waals surface area contributed by atoms with E-state index in [-0.39, 0.29) is 22.8 Å². The third-order valence-corrected chi connectivity index (χ3v) is 24.1. The van der Waals surface area contributed by atoms with Gasteiger partial charge >= 0.3 is 203 Å². The number of aliphatic hydroxyl groups is 1. The van der Waals surface area contributed by atoms with Crippen LogP contribution in [0.1, 0.15) is 98.6 Å². The molecule has 1 aromatic carbocycles. The summed E-state index contributed by atoms with van der Waals surface area (Å²) in [5.74, 6) is 0. The number of carbonyl (C=O) groups is 1. The van der Waals surface area contributed by atoms with Gasteiger partial charge in [-0.15, -0.1) is 0 Å². The average Bonchev–Trinajstić information content (AvgIpc) is 2.76. The maximum atomic E-state index is 13.7. The first kappa shape index (κ1) is 29.3. The molecule has 0 bridgehead atoms. The molecule has 1 aromatic rings. The Bertz CT molecular complexity index is 622. The molecule has 184 valence electrons. The molecule has 1 rings (SSSR count). The Labute approximate surface area is 202 Å². The van der Waals surface area contributed by atoms with Gasteiger partial charge in [0, 0.05) is 0 Å². The van der Waals surface area contributed by atoms with Crippen LogP contribution in [-0.2, 0) is 4.74 Å². The Morgan fingerprint density at radius 3 is 1.81 bits per heavy atom. The molecule has 1 amide bonds. The van der Waals surface area contributed by atoms with E-state index in [4.69, 9.17) is 4.74 Å². The van der Waals surface area contributed by atoms with Gasteiger partial charge < -0.3 is 0 Å². The van der Waals surface area contributed by atoms with E-state index in [2.05, 4.69) is 27.7 Å². The molecule has 5 heteroatoms. The van der Waals surface area contributed by atoms with Crippen LogP contribution in [0.3, 0.4) is 0 Å². The van der Waals surface area contributed by atoms with E-state index in [0.717, 1.165) is 5.56 Å². The molecule has 0 unspecified atom stereocenters. The van der Waals surface area contributed by atoms with Crippen molar-refractivity contribution in [1.29, 1.82) is 0 Å². The monoisotopic (exact) mass is 555 g/mol. The molecule has 0 fully saturated rings. The second kappa shape index (κ2) is 14.5. The van der Waals surface area contributed by atoms with Gasteiger partial charge in [0.25, 0.3) is 0 Å². The Morgan fingerprint density at radius 1 is 0.969 bits per heavy atom. The van der Waals surface area contributed by atoms with Gasteiger partial charge in [0.15, 0.2) is 0 Å². The number of hydrogen-bond acceptors (Lipinski definition) is 3. The van der Waals surface area contributed by atoms with Crippen molar-refractivity contribution >= 4 is 24.5 Å². The van der Waals surface area contributed by atoms with Gasteiger partial charge in [-0.2, -0.15) is 0 Å². The SMILES string of the molecule is CCC[CH2][Sn]([CH2]CCC)([CH2]CCC)[C@H](C)N(C(=O)OC(C)(C)C)[C@H](CO)c1ccccc1. The molecule has 0 saturated heterocycles. The molecule has 2 atom stereocenters. The van der Waals surface area contributed by atoms with Crippen molar-refractivity contribution in [3.63, 3.8) is 0 Å². The predicted octanol–water partition coefficient (Wildman–Crippen LogP) is 7.73. The summed E-state index contributed by atoms with van der Waals surface area (Å²) < 4.78 is 10.0. The fourth-order valence-corrected chi connectivity index (χ4v) is 22.1. The second-order valence-electron chi connectivity index (χ2n) is 10.3. The number of carbonyl (C=O) groups excluding carboxylic acids is 1. The number of amides is 1. The van der Waals surface area contributed by atoms with Crippen LogP contribution in [0.2, 0.25) is 13.3 Å². The molecule has 1 N–H and O–H groups in total. The summed E-state index contributed by atoms with van der Waals surface area (Å²) >= 11 is -2.82. The minimum atomic E-state index is -2.82. The molecule has 0 aliphatic rings. The van der Waals surface area contributed by atoms with Crippen molar-refractivity contribution in [2.75, 3.05) is 6.61 Å². The molecule has 0 radical (unpaired) electrons. The van der Waals surface area contributed by atoms with E-state index in [0.29, 0.717) is 0 Å². The van der Waals surface area contributed by atoms with Crippen molar-refractivity contribution in [3.8, 4) is 0 Å². The van der Waals surface area contributed by atoms with Crippen molar-refractivity contribution in [2.24, 2.45) is 0 Å². The van der Waals surface area contributed by atoms with Crippen molar-refractivity contribution in [1.82, 2.24) is 4.90 Å². The zero-order valence-corrected chi connectivity index (χ0v) is 24.7. The molecular weight excluding hydrogens is 505 g/mol. The number of aliphatic hydroxyl groups excluding tert-OH is 1. The van der Waals surface area contributed by atoms with Crippen LogP contribution in [0.15, 0.2) is 30.3 Å². The van der Waals surface area contributed by atoms with Gasteiger partial charge in [-0.25, -0.2) is 0 Å². The van der Waals surface area contributed by atoms with Crippen LogP contribution in [0, 0.1) is 0 Å². The van der Waals surface area contributed by atoms with Crippen LogP contribution in [-0.4, -0.2) is 50.7 Å². The standard InChI is InChI=1S/C15H22NO3.3C4H9.Sn/c1-5-16(14(18)19-15(2,3)4)13(11-17)12-9-7-6-8-10-12;3*1-3-4-2;/h5-10,13,17H,11H2,1-4H3;3*1,3-4H2,2H3;/t13-;;;;/m1..../s1. The first-order valence-electron chi connectivity index (χ1n) is 12.8. The second-order valence-corrected chi connectivity index (χ2v) is 24.8. The third-order valence-electron chi connectivity index (χ3n) is 6.69. The zero-order valence-electron chi connectivity index (χ0n) is 21.8. The quantitative estimate of drug-likeness (QED) is 0.240.